The van der Waals surface area contributed by atoms with Crippen molar-refractivity contribution in [1.29, 1.82) is 0 Å². The van der Waals surface area contributed by atoms with Crippen LogP contribution in [0.25, 0.3) is 5.82 Å². The number of nitrogens with zero attached hydrogens (tertiary/aromatic N) is 4. The molecule has 2 aromatic heterocycles. The van der Waals surface area contributed by atoms with Crippen LogP contribution in [0.5, 0.6) is 0 Å². The van der Waals surface area contributed by atoms with Crippen LogP contribution in [-0.4, -0.2) is 43.9 Å². The van der Waals surface area contributed by atoms with Gasteiger partial charge in [-0.1, -0.05) is 37.3 Å². The van der Waals surface area contributed by atoms with E-state index in [0.29, 0.717) is 23.7 Å². The van der Waals surface area contributed by atoms with E-state index in [1.165, 1.54) is 18.1 Å². The number of carbonyl (C=O) groups is 1. The first-order valence-electron chi connectivity index (χ1n) is 10.6. The molecule has 3 heterocycles. The molecule has 0 atom stereocenters. The lowest BCUT2D eigenvalue weighted by Gasteiger charge is -2.32. The fourth-order valence-electron chi connectivity index (χ4n) is 4.16. The number of aromatic amines is 1. The number of hydrogen-bond donors (Lipinski definition) is 1. The quantitative estimate of drug-likeness (QED) is 0.683. The lowest BCUT2D eigenvalue weighted by Crippen LogP contribution is -2.38. The van der Waals surface area contributed by atoms with Crippen molar-refractivity contribution in [2.45, 2.75) is 39.0 Å². The maximum absolute atomic E-state index is 13.2. The Morgan fingerprint density at radius 1 is 1.13 bits per heavy atom. The molecule has 1 aliphatic heterocycles. The van der Waals surface area contributed by atoms with Gasteiger partial charge in [-0.05, 0) is 49.7 Å². The van der Waals surface area contributed by atoms with Gasteiger partial charge in [-0.2, -0.15) is 10.2 Å². The van der Waals surface area contributed by atoms with E-state index in [2.05, 4.69) is 39.6 Å². The second-order valence-electron chi connectivity index (χ2n) is 7.81. The molecule has 4 rings (SSSR count). The first kappa shape index (κ1) is 20.1. The number of nitrogens with one attached hydrogen (secondary N) is 1. The number of piperidine rings is 1. The van der Waals surface area contributed by atoms with E-state index in [-0.39, 0.29) is 11.5 Å². The molecular weight excluding hydrogens is 378 g/mol. The van der Waals surface area contributed by atoms with Gasteiger partial charge in [0.1, 0.15) is 0 Å². The van der Waals surface area contributed by atoms with Crippen LogP contribution in [-0.2, 0) is 12.8 Å². The minimum atomic E-state index is -0.268. The van der Waals surface area contributed by atoms with E-state index in [1.54, 1.807) is 16.9 Å². The summed E-state index contributed by atoms with van der Waals surface area (Å²) in [5, 5.41) is 10.8. The summed E-state index contributed by atoms with van der Waals surface area (Å²) in [5.74, 6) is 1.20. The molecule has 0 unspecified atom stereocenters. The molecule has 1 N–H and O–H groups in total. The molecule has 7 nitrogen and oxygen atoms in total. The Morgan fingerprint density at radius 3 is 2.57 bits per heavy atom. The predicted octanol–water partition coefficient (Wildman–Crippen LogP) is 3.00. The van der Waals surface area contributed by atoms with Crippen LogP contribution in [0, 0.1) is 5.92 Å². The van der Waals surface area contributed by atoms with Crippen LogP contribution in [0.3, 0.4) is 0 Å². The summed E-state index contributed by atoms with van der Waals surface area (Å²) < 4.78 is 1.63. The van der Waals surface area contributed by atoms with Crippen LogP contribution >= 0.6 is 0 Å². The van der Waals surface area contributed by atoms with E-state index in [9.17, 15) is 9.59 Å². The second kappa shape index (κ2) is 9.07. The van der Waals surface area contributed by atoms with Gasteiger partial charge >= 0.3 is 0 Å². The smallest absolute Gasteiger partial charge is 0.264 e. The normalized spacial score (nSPS) is 14.8. The first-order valence-corrected chi connectivity index (χ1v) is 10.6. The van der Waals surface area contributed by atoms with E-state index < -0.39 is 0 Å². The van der Waals surface area contributed by atoms with Gasteiger partial charge in [-0.15, -0.1) is 0 Å². The average molecular weight is 406 g/mol. The number of aryl methyl sites for hydroxylation is 1. The van der Waals surface area contributed by atoms with Gasteiger partial charge in [-0.25, -0.2) is 9.78 Å². The van der Waals surface area contributed by atoms with Gasteiger partial charge in [0.15, 0.2) is 5.82 Å². The van der Waals surface area contributed by atoms with Crippen molar-refractivity contribution in [2.24, 2.45) is 5.92 Å². The lowest BCUT2D eigenvalue weighted by atomic mass is 9.90. The predicted molar refractivity (Wildman–Crippen MR) is 115 cm³/mol. The molecular formula is C23H27N5O2. The zero-order valence-corrected chi connectivity index (χ0v) is 17.3. The molecule has 0 radical (unpaired) electrons. The Labute approximate surface area is 175 Å². The SMILES string of the molecule is CCc1c(C(=O)N2CCC(CCc3ccccc3)CC2)cnn1-c1ccc(=O)[nH]n1. The van der Waals surface area contributed by atoms with Crippen molar-refractivity contribution >= 4 is 5.91 Å². The fraction of sp³-hybridized carbons (Fsp3) is 0.391. The third kappa shape index (κ3) is 4.35. The molecule has 3 aromatic rings. The number of H-pyrrole nitrogens is 1. The maximum Gasteiger partial charge on any atom is 0.264 e. The molecule has 0 aliphatic carbocycles. The molecule has 1 aromatic carbocycles. The Bertz CT molecular complexity index is 1030. The second-order valence-corrected chi connectivity index (χ2v) is 7.81. The van der Waals surface area contributed by atoms with E-state index in [4.69, 9.17) is 0 Å². The highest BCUT2D eigenvalue weighted by Crippen LogP contribution is 2.25. The van der Waals surface area contributed by atoms with Crippen LogP contribution in [0.2, 0.25) is 0 Å². The largest absolute Gasteiger partial charge is 0.339 e. The van der Waals surface area contributed by atoms with Gasteiger partial charge in [0.2, 0.25) is 0 Å². The summed E-state index contributed by atoms with van der Waals surface area (Å²) >= 11 is 0. The molecule has 0 saturated carbocycles. The van der Waals surface area contributed by atoms with Crippen LogP contribution < -0.4 is 5.56 Å². The van der Waals surface area contributed by atoms with Crippen molar-refractivity contribution in [1.82, 2.24) is 24.9 Å². The molecule has 1 saturated heterocycles. The minimum absolute atomic E-state index is 0.0315. The minimum Gasteiger partial charge on any atom is -0.339 e. The van der Waals surface area contributed by atoms with E-state index in [1.807, 2.05) is 17.9 Å². The fourth-order valence-corrected chi connectivity index (χ4v) is 4.16. The summed E-state index contributed by atoms with van der Waals surface area (Å²) in [7, 11) is 0. The van der Waals surface area contributed by atoms with Gasteiger partial charge in [0, 0.05) is 19.2 Å². The Balaban J connectivity index is 1.39. The van der Waals surface area contributed by atoms with Gasteiger partial charge in [-0.3, -0.25) is 9.59 Å². The van der Waals surface area contributed by atoms with Gasteiger partial charge in [0.05, 0.1) is 17.5 Å². The highest BCUT2D eigenvalue weighted by atomic mass is 16.2. The molecule has 0 spiro atoms. The molecule has 156 valence electrons. The summed E-state index contributed by atoms with van der Waals surface area (Å²) in [6.07, 6.45) is 6.61. The zero-order valence-electron chi connectivity index (χ0n) is 17.3. The molecule has 30 heavy (non-hydrogen) atoms. The highest BCUT2D eigenvalue weighted by molar-refractivity contribution is 5.95. The number of rotatable bonds is 6. The summed E-state index contributed by atoms with van der Waals surface area (Å²) in [4.78, 5) is 26.4. The molecule has 7 heteroatoms. The topological polar surface area (TPSA) is 83.9 Å². The average Bonchev–Trinajstić information content (AvgIpc) is 3.23. The molecule has 1 aliphatic rings. The number of benzene rings is 1. The third-order valence-electron chi connectivity index (χ3n) is 5.90. The lowest BCUT2D eigenvalue weighted by molar-refractivity contribution is 0.0686. The van der Waals surface area contributed by atoms with E-state index in [0.717, 1.165) is 38.0 Å². The molecule has 1 amide bonds. The Morgan fingerprint density at radius 2 is 1.90 bits per heavy atom. The van der Waals surface area contributed by atoms with Gasteiger partial charge in [0.25, 0.3) is 11.5 Å². The summed E-state index contributed by atoms with van der Waals surface area (Å²) in [6.45, 7) is 3.55. The number of amides is 1. The monoisotopic (exact) mass is 405 g/mol. The highest BCUT2D eigenvalue weighted by Gasteiger charge is 2.27. The Kier molecular flexibility index (Phi) is 6.07. The van der Waals surface area contributed by atoms with Crippen LogP contribution in [0.15, 0.2) is 53.5 Å². The standard InChI is InChI=1S/C23H27N5O2/c1-2-20-19(16-24-28(20)21-10-11-22(29)26-25-21)23(30)27-14-12-18(13-15-27)9-8-17-6-4-3-5-7-17/h3-7,10-11,16,18H,2,8-9,12-15H2,1H3,(H,26,29). The number of carbonyl (C=O) groups excluding carboxylic acids is 1. The van der Waals surface area contributed by atoms with Crippen molar-refractivity contribution < 1.29 is 4.79 Å². The number of hydrogen-bond acceptors (Lipinski definition) is 4. The summed E-state index contributed by atoms with van der Waals surface area (Å²) in [5.41, 5.74) is 2.54. The van der Waals surface area contributed by atoms with E-state index >= 15 is 0 Å². The number of aromatic nitrogens is 4. The van der Waals surface area contributed by atoms with Crippen molar-refractivity contribution in [3.63, 3.8) is 0 Å². The van der Waals surface area contributed by atoms with Crippen LogP contribution in [0.4, 0.5) is 0 Å². The van der Waals surface area contributed by atoms with Crippen LogP contribution in [0.1, 0.15) is 47.8 Å². The van der Waals surface area contributed by atoms with Crippen molar-refractivity contribution in [3.8, 4) is 5.82 Å². The Hall–Kier alpha value is -3.22. The first-order chi connectivity index (χ1) is 14.7. The zero-order chi connectivity index (χ0) is 20.9. The summed E-state index contributed by atoms with van der Waals surface area (Å²) in [6, 6.07) is 13.6. The van der Waals surface area contributed by atoms with Gasteiger partial charge < -0.3 is 4.90 Å². The molecule has 0 bridgehead atoms. The number of likely N-dealkylation sites (tertiary alicyclic amines) is 1. The maximum atomic E-state index is 13.2. The van der Waals surface area contributed by atoms with Crippen molar-refractivity contribution in [2.75, 3.05) is 13.1 Å². The molecule has 1 fully saturated rings. The van der Waals surface area contributed by atoms with Crippen molar-refractivity contribution in [3.05, 3.63) is 75.8 Å². The third-order valence-corrected chi connectivity index (χ3v) is 5.90.